The molecule has 1 saturated heterocycles. The van der Waals surface area contributed by atoms with Crippen LogP contribution in [-0.4, -0.2) is 31.6 Å². The second kappa shape index (κ2) is 7.23. The van der Waals surface area contributed by atoms with Crippen LogP contribution in [-0.2, 0) is 10.0 Å². The second-order valence-electron chi connectivity index (χ2n) is 6.00. The summed E-state index contributed by atoms with van der Waals surface area (Å²) in [5.41, 5.74) is 0.392. The lowest BCUT2D eigenvalue weighted by atomic mass is 9.91. The third-order valence-corrected chi connectivity index (χ3v) is 6.70. The summed E-state index contributed by atoms with van der Waals surface area (Å²) in [5, 5.41) is 0.162. The van der Waals surface area contributed by atoms with Crippen molar-refractivity contribution in [3.05, 3.63) is 64.9 Å². The monoisotopic (exact) mass is 381 g/mol. The Balaban J connectivity index is 1.82. The molecule has 1 aliphatic rings. The molecule has 1 unspecified atom stereocenters. The second-order valence-corrected chi connectivity index (χ2v) is 8.32. The zero-order chi connectivity index (χ0) is 18.0. The molecule has 1 aliphatic heterocycles. The van der Waals surface area contributed by atoms with E-state index in [1.807, 2.05) is 0 Å². The summed E-state index contributed by atoms with van der Waals surface area (Å²) in [4.78, 5) is 12.7. The molecule has 0 aromatic heterocycles. The van der Waals surface area contributed by atoms with Crippen molar-refractivity contribution < 1.29 is 17.6 Å². The molecule has 25 heavy (non-hydrogen) atoms. The van der Waals surface area contributed by atoms with Crippen LogP contribution in [0.15, 0.2) is 53.4 Å². The summed E-state index contributed by atoms with van der Waals surface area (Å²) in [5.74, 6) is -1.03. The van der Waals surface area contributed by atoms with Crippen molar-refractivity contribution in [2.24, 2.45) is 5.92 Å². The van der Waals surface area contributed by atoms with Gasteiger partial charge in [0, 0.05) is 24.6 Å². The van der Waals surface area contributed by atoms with Crippen LogP contribution in [0.5, 0.6) is 0 Å². The molecule has 3 rings (SSSR count). The van der Waals surface area contributed by atoms with E-state index in [1.165, 1.54) is 40.7 Å². The van der Waals surface area contributed by atoms with Gasteiger partial charge in [0.15, 0.2) is 5.78 Å². The highest BCUT2D eigenvalue weighted by molar-refractivity contribution is 7.89. The fraction of sp³-hybridized carbons (Fsp3) is 0.278. The molecule has 2 aromatic carbocycles. The van der Waals surface area contributed by atoms with Gasteiger partial charge in [-0.1, -0.05) is 23.7 Å². The van der Waals surface area contributed by atoms with Crippen molar-refractivity contribution in [2.75, 3.05) is 13.1 Å². The van der Waals surface area contributed by atoms with Gasteiger partial charge in [-0.3, -0.25) is 4.79 Å². The molecule has 0 bridgehead atoms. The van der Waals surface area contributed by atoms with Gasteiger partial charge >= 0.3 is 0 Å². The number of ketones is 1. The predicted molar refractivity (Wildman–Crippen MR) is 93.7 cm³/mol. The van der Waals surface area contributed by atoms with Crippen molar-refractivity contribution in [1.29, 1.82) is 0 Å². The van der Waals surface area contributed by atoms with Gasteiger partial charge in [-0.2, -0.15) is 4.31 Å². The molecule has 0 N–H and O–H groups in total. The zero-order valence-electron chi connectivity index (χ0n) is 13.4. The smallest absolute Gasteiger partial charge is 0.244 e. The van der Waals surface area contributed by atoms with Crippen molar-refractivity contribution >= 4 is 27.4 Å². The van der Waals surface area contributed by atoms with Crippen molar-refractivity contribution in [3.63, 3.8) is 0 Å². The van der Waals surface area contributed by atoms with E-state index in [0.29, 0.717) is 24.9 Å². The van der Waals surface area contributed by atoms with E-state index in [2.05, 4.69) is 0 Å². The Morgan fingerprint density at radius 3 is 2.48 bits per heavy atom. The number of Topliss-reactive ketones (excluding diaryl/α,β-unsaturated/α-hetero) is 1. The maximum absolute atomic E-state index is 13.0. The number of halogens is 2. The van der Waals surface area contributed by atoms with Crippen LogP contribution in [0.3, 0.4) is 0 Å². The average molecular weight is 382 g/mol. The van der Waals surface area contributed by atoms with Crippen molar-refractivity contribution in [2.45, 2.75) is 17.7 Å². The molecular weight excluding hydrogens is 365 g/mol. The number of carbonyl (C=O) groups excluding carboxylic acids is 1. The van der Waals surface area contributed by atoms with Crippen molar-refractivity contribution in [3.8, 4) is 0 Å². The predicted octanol–water partition coefficient (Wildman–Crippen LogP) is 3.76. The largest absolute Gasteiger partial charge is 0.294 e. The molecular formula is C18H17ClFNO3S. The Morgan fingerprint density at radius 1 is 1.12 bits per heavy atom. The van der Waals surface area contributed by atoms with E-state index in [4.69, 9.17) is 11.6 Å². The first kappa shape index (κ1) is 18.0. The third-order valence-electron chi connectivity index (χ3n) is 4.34. The van der Waals surface area contributed by atoms with Gasteiger partial charge in [0.1, 0.15) is 10.7 Å². The Labute approximate surface area is 151 Å². The number of nitrogens with zero attached hydrogens (tertiary/aromatic N) is 1. The standard InChI is InChI=1S/C18H17ClFNO3S/c19-16-5-1-2-6-17(16)25(23,24)21-11-3-4-14(12-21)18(22)13-7-9-15(20)10-8-13/h1-2,5-10,14H,3-4,11-12H2. The Hall–Kier alpha value is -1.76. The summed E-state index contributed by atoms with van der Waals surface area (Å²) in [6, 6.07) is 11.6. The number of rotatable bonds is 4. The topological polar surface area (TPSA) is 54.5 Å². The minimum Gasteiger partial charge on any atom is -0.294 e. The lowest BCUT2D eigenvalue weighted by Crippen LogP contribution is -2.42. The molecule has 0 saturated carbocycles. The van der Waals surface area contributed by atoms with Crippen LogP contribution in [0.25, 0.3) is 0 Å². The Kier molecular flexibility index (Phi) is 5.22. The molecule has 0 spiro atoms. The van der Waals surface area contributed by atoms with Crippen LogP contribution in [0.2, 0.25) is 5.02 Å². The number of hydrogen-bond acceptors (Lipinski definition) is 3. The van der Waals surface area contributed by atoms with E-state index in [0.717, 1.165) is 0 Å². The first-order valence-electron chi connectivity index (χ1n) is 7.94. The number of benzene rings is 2. The highest BCUT2D eigenvalue weighted by Crippen LogP contribution is 2.29. The molecule has 0 aliphatic carbocycles. The number of carbonyl (C=O) groups is 1. The van der Waals surface area contributed by atoms with E-state index in [9.17, 15) is 17.6 Å². The van der Waals surface area contributed by atoms with E-state index >= 15 is 0 Å². The van der Waals surface area contributed by atoms with E-state index in [-0.39, 0.29) is 22.2 Å². The number of piperidine rings is 1. The highest BCUT2D eigenvalue weighted by atomic mass is 35.5. The first-order valence-corrected chi connectivity index (χ1v) is 9.76. The van der Waals surface area contributed by atoms with Gasteiger partial charge in [0.05, 0.1) is 5.02 Å². The molecule has 1 fully saturated rings. The fourth-order valence-electron chi connectivity index (χ4n) is 3.02. The molecule has 1 atom stereocenters. The lowest BCUT2D eigenvalue weighted by Gasteiger charge is -2.31. The lowest BCUT2D eigenvalue weighted by molar-refractivity contribution is 0.0872. The molecule has 4 nitrogen and oxygen atoms in total. The maximum Gasteiger partial charge on any atom is 0.244 e. The Bertz CT molecular complexity index is 883. The summed E-state index contributed by atoms with van der Waals surface area (Å²) in [7, 11) is -3.76. The highest BCUT2D eigenvalue weighted by Gasteiger charge is 2.34. The molecule has 7 heteroatoms. The quantitative estimate of drug-likeness (QED) is 0.757. The zero-order valence-corrected chi connectivity index (χ0v) is 14.9. The van der Waals surface area contributed by atoms with Gasteiger partial charge in [0.2, 0.25) is 10.0 Å². The summed E-state index contributed by atoms with van der Waals surface area (Å²) in [6.45, 7) is 0.449. The normalized spacial score (nSPS) is 18.9. The third kappa shape index (κ3) is 3.76. The summed E-state index contributed by atoms with van der Waals surface area (Å²) in [6.07, 6.45) is 1.19. The van der Waals surface area contributed by atoms with Crippen LogP contribution < -0.4 is 0 Å². The molecule has 132 valence electrons. The van der Waals surface area contributed by atoms with Crippen molar-refractivity contribution in [1.82, 2.24) is 4.31 Å². The minimum absolute atomic E-state index is 0.0477. The summed E-state index contributed by atoms with van der Waals surface area (Å²) < 4.78 is 40.0. The average Bonchev–Trinajstić information content (AvgIpc) is 2.62. The van der Waals surface area contributed by atoms with Gasteiger partial charge in [-0.05, 0) is 49.2 Å². The van der Waals surface area contributed by atoms with Crippen LogP contribution in [0.4, 0.5) is 4.39 Å². The molecule has 1 heterocycles. The first-order chi connectivity index (χ1) is 11.9. The molecule has 2 aromatic rings. The van der Waals surface area contributed by atoms with E-state index in [1.54, 1.807) is 12.1 Å². The minimum atomic E-state index is -3.76. The van der Waals surface area contributed by atoms with Gasteiger partial charge in [-0.25, -0.2) is 12.8 Å². The van der Waals surface area contributed by atoms with E-state index < -0.39 is 21.8 Å². The fourth-order valence-corrected chi connectivity index (χ4v) is 5.03. The number of sulfonamides is 1. The summed E-state index contributed by atoms with van der Waals surface area (Å²) >= 11 is 6.03. The van der Waals surface area contributed by atoms with Crippen LogP contribution in [0, 0.1) is 11.7 Å². The number of hydrogen-bond donors (Lipinski definition) is 0. The van der Waals surface area contributed by atoms with Gasteiger partial charge < -0.3 is 0 Å². The Morgan fingerprint density at radius 2 is 1.80 bits per heavy atom. The van der Waals surface area contributed by atoms with Gasteiger partial charge in [-0.15, -0.1) is 0 Å². The molecule has 0 radical (unpaired) electrons. The van der Waals surface area contributed by atoms with Crippen LogP contribution in [0.1, 0.15) is 23.2 Å². The SMILES string of the molecule is O=C(c1ccc(F)cc1)C1CCCN(S(=O)(=O)c2ccccc2Cl)C1. The maximum atomic E-state index is 13.0. The van der Waals surface area contributed by atoms with Crippen LogP contribution >= 0.6 is 11.6 Å². The molecule has 0 amide bonds. The van der Waals surface area contributed by atoms with Gasteiger partial charge in [0.25, 0.3) is 0 Å².